The predicted molar refractivity (Wildman–Crippen MR) is 102 cm³/mol. The highest BCUT2D eigenvalue weighted by Gasteiger charge is 2.31. The molecule has 0 heterocycles. The first-order valence-corrected chi connectivity index (χ1v) is 10.5. The zero-order valence-corrected chi connectivity index (χ0v) is 17.2. The molecule has 6 heteroatoms. The normalized spacial score (nSPS) is 22.1. The van der Waals surface area contributed by atoms with Gasteiger partial charge in [-0.1, -0.05) is 6.42 Å². The molecule has 1 rings (SSSR count). The van der Waals surface area contributed by atoms with Crippen LogP contribution in [0.2, 0.25) is 0 Å². The van der Waals surface area contributed by atoms with Crippen LogP contribution >= 0.6 is 0 Å². The fraction of sp³-hybridized carbons (Fsp3) is 0.857. The van der Waals surface area contributed by atoms with Gasteiger partial charge in [-0.25, -0.2) is 0 Å². The molecule has 156 valence electrons. The largest absolute Gasteiger partial charge is 0.466 e. The lowest BCUT2D eigenvalue weighted by Gasteiger charge is -2.36. The summed E-state index contributed by atoms with van der Waals surface area (Å²) in [4.78, 5) is 35.1. The van der Waals surface area contributed by atoms with Gasteiger partial charge in [0.1, 0.15) is 0 Å². The highest BCUT2D eigenvalue weighted by Crippen LogP contribution is 2.40. The number of rotatable bonds is 12. The van der Waals surface area contributed by atoms with Crippen molar-refractivity contribution in [3.05, 3.63) is 0 Å². The average Bonchev–Trinajstić information content (AvgIpc) is 2.64. The molecule has 0 spiro atoms. The van der Waals surface area contributed by atoms with E-state index < -0.39 is 0 Å². The van der Waals surface area contributed by atoms with Crippen LogP contribution in [0.1, 0.15) is 78.6 Å². The van der Waals surface area contributed by atoms with Crippen molar-refractivity contribution in [2.24, 2.45) is 17.8 Å². The smallest absolute Gasteiger partial charge is 0.305 e. The number of hydrogen-bond donors (Lipinski definition) is 0. The van der Waals surface area contributed by atoms with Gasteiger partial charge in [0, 0.05) is 19.3 Å². The number of carbonyl (C=O) groups excluding carboxylic acids is 3. The second-order valence-electron chi connectivity index (χ2n) is 7.23. The van der Waals surface area contributed by atoms with Crippen LogP contribution in [-0.2, 0) is 28.6 Å². The van der Waals surface area contributed by atoms with Crippen molar-refractivity contribution < 1.29 is 28.6 Å². The zero-order chi connectivity index (χ0) is 20.1. The molecule has 1 fully saturated rings. The maximum Gasteiger partial charge on any atom is 0.305 e. The number of hydrogen-bond acceptors (Lipinski definition) is 6. The highest BCUT2D eigenvalue weighted by atomic mass is 16.5. The first kappa shape index (κ1) is 23.4. The molecule has 0 aromatic carbocycles. The summed E-state index contributed by atoms with van der Waals surface area (Å²) in [5, 5.41) is 0. The van der Waals surface area contributed by atoms with Gasteiger partial charge in [0.05, 0.1) is 19.8 Å². The van der Waals surface area contributed by atoms with E-state index in [1.165, 1.54) is 0 Å². The van der Waals surface area contributed by atoms with Crippen molar-refractivity contribution >= 4 is 17.9 Å². The molecule has 0 saturated heterocycles. The van der Waals surface area contributed by atoms with Crippen molar-refractivity contribution in [3.8, 4) is 0 Å². The van der Waals surface area contributed by atoms with E-state index in [1.807, 2.05) is 20.8 Å². The number of esters is 3. The second-order valence-corrected chi connectivity index (χ2v) is 7.23. The minimum atomic E-state index is -0.157. The topological polar surface area (TPSA) is 78.9 Å². The van der Waals surface area contributed by atoms with E-state index in [9.17, 15) is 14.4 Å². The van der Waals surface area contributed by atoms with Crippen LogP contribution in [0.5, 0.6) is 0 Å². The lowest BCUT2D eigenvalue weighted by Crippen LogP contribution is -2.27. The van der Waals surface area contributed by atoms with E-state index in [0.29, 0.717) is 56.8 Å². The highest BCUT2D eigenvalue weighted by molar-refractivity contribution is 5.70. The molecule has 0 aromatic heterocycles. The maximum atomic E-state index is 11.8. The van der Waals surface area contributed by atoms with Gasteiger partial charge in [-0.15, -0.1) is 0 Å². The van der Waals surface area contributed by atoms with Crippen LogP contribution in [0.25, 0.3) is 0 Å². The monoisotopic (exact) mass is 384 g/mol. The second kappa shape index (κ2) is 13.6. The number of carbonyl (C=O) groups is 3. The molecule has 0 bridgehead atoms. The minimum absolute atomic E-state index is 0.134. The van der Waals surface area contributed by atoms with Crippen molar-refractivity contribution in [2.75, 3.05) is 19.8 Å². The van der Waals surface area contributed by atoms with E-state index in [0.717, 1.165) is 38.5 Å². The molecule has 0 amide bonds. The van der Waals surface area contributed by atoms with E-state index in [-0.39, 0.29) is 17.9 Å². The summed E-state index contributed by atoms with van der Waals surface area (Å²) in [5.74, 6) is 0.833. The van der Waals surface area contributed by atoms with Crippen LogP contribution in [0, 0.1) is 17.8 Å². The fourth-order valence-corrected chi connectivity index (χ4v) is 4.05. The Balaban J connectivity index is 2.55. The summed E-state index contributed by atoms with van der Waals surface area (Å²) in [6, 6.07) is 0. The van der Waals surface area contributed by atoms with Gasteiger partial charge in [0.2, 0.25) is 0 Å². The molecular formula is C21H36O6. The van der Waals surface area contributed by atoms with Crippen molar-refractivity contribution in [3.63, 3.8) is 0 Å². The van der Waals surface area contributed by atoms with Gasteiger partial charge in [-0.2, -0.15) is 0 Å². The third-order valence-electron chi connectivity index (χ3n) is 5.36. The summed E-state index contributed by atoms with van der Waals surface area (Å²) in [5.41, 5.74) is 0. The summed E-state index contributed by atoms with van der Waals surface area (Å²) < 4.78 is 15.1. The summed E-state index contributed by atoms with van der Waals surface area (Å²) >= 11 is 0. The Morgan fingerprint density at radius 3 is 1.59 bits per heavy atom. The van der Waals surface area contributed by atoms with Gasteiger partial charge in [0.25, 0.3) is 0 Å². The molecule has 0 radical (unpaired) electrons. The van der Waals surface area contributed by atoms with Crippen molar-refractivity contribution in [1.82, 2.24) is 0 Å². The molecule has 0 N–H and O–H groups in total. The lowest BCUT2D eigenvalue weighted by molar-refractivity contribution is -0.145. The molecular weight excluding hydrogens is 348 g/mol. The minimum Gasteiger partial charge on any atom is -0.466 e. The third kappa shape index (κ3) is 9.78. The molecule has 0 aliphatic heterocycles. The van der Waals surface area contributed by atoms with Gasteiger partial charge >= 0.3 is 17.9 Å². The van der Waals surface area contributed by atoms with Gasteiger partial charge in [-0.3, -0.25) is 14.4 Å². The molecule has 1 aliphatic carbocycles. The Morgan fingerprint density at radius 1 is 0.667 bits per heavy atom. The van der Waals surface area contributed by atoms with E-state index in [1.54, 1.807) is 0 Å². The SMILES string of the molecule is CCOC(=O)CCC1CCC(CCC(=O)OCC)C(CCC(=O)OCC)C1. The standard InChI is InChI=1S/C21H36O6/c1-4-25-19(22)12-8-16-7-9-17(10-13-20(23)26-5-2)18(15-16)11-14-21(24)27-6-3/h16-18H,4-15H2,1-3H3. The first-order valence-electron chi connectivity index (χ1n) is 10.5. The molecule has 1 aliphatic rings. The first-order chi connectivity index (χ1) is 13.0. The van der Waals surface area contributed by atoms with Gasteiger partial charge in [0.15, 0.2) is 0 Å². The van der Waals surface area contributed by atoms with Crippen LogP contribution in [-0.4, -0.2) is 37.7 Å². The van der Waals surface area contributed by atoms with Crippen molar-refractivity contribution in [1.29, 1.82) is 0 Å². The van der Waals surface area contributed by atoms with Gasteiger partial charge < -0.3 is 14.2 Å². The van der Waals surface area contributed by atoms with Crippen LogP contribution in [0.4, 0.5) is 0 Å². The third-order valence-corrected chi connectivity index (χ3v) is 5.36. The molecule has 27 heavy (non-hydrogen) atoms. The molecule has 1 saturated carbocycles. The van der Waals surface area contributed by atoms with Crippen LogP contribution < -0.4 is 0 Å². The molecule has 3 unspecified atom stereocenters. The number of ether oxygens (including phenoxy) is 3. The Morgan fingerprint density at radius 2 is 1.11 bits per heavy atom. The Labute approximate surface area is 163 Å². The zero-order valence-electron chi connectivity index (χ0n) is 17.2. The Hall–Kier alpha value is -1.59. The summed E-state index contributed by atoms with van der Waals surface area (Å²) in [6.45, 7) is 6.67. The molecule has 3 atom stereocenters. The van der Waals surface area contributed by atoms with Crippen LogP contribution in [0.15, 0.2) is 0 Å². The van der Waals surface area contributed by atoms with E-state index in [2.05, 4.69) is 0 Å². The van der Waals surface area contributed by atoms with Crippen molar-refractivity contribution in [2.45, 2.75) is 78.6 Å². The fourth-order valence-electron chi connectivity index (χ4n) is 4.05. The van der Waals surface area contributed by atoms with E-state index >= 15 is 0 Å². The maximum absolute atomic E-state index is 11.8. The quantitative estimate of drug-likeness (QED) is 0.373. The van der Waals surface area contributed by atoms with Crippen LogP contribution in [0.3, 0.4) is 0 Å². The molecule has 6 nitrogen and oxygen atoms in total. The predicted octanol–water partition coefficient (Wildman–Crippen LogP) is 4.05. The molecule has 0 aromatic rings. The van der Waals surface area contributed by atoms with E-state index in [4.69, 9.17) is 14.2 Å². The Kier molecular flexibility index (Phi) is 11.8. The summed E-state index contributed by atoms with van der Waals surface area (Å²) in [7, 11) is 0. The Bertz CT molecular complexity index is 462. The van der Waals surface area contributed by atoms with Gasteiger partial charge in [-0.05, 0) is 70.6 Å². The average molecular weight is 385 g/mol. The lowest BCUT2D eigenvalue weighted by atomic mass is 9.69. The summed E-state index contributed by atoms with van der Waals surface area (Å²) in [6.07, 6.45) is 6.80.